The maximum Gasteiger partial charge on any atom is 0.0548 e. The van der Waals surface area contributed by atoms with E-state index < -0.39 is 0 Å². The van der Waals surface area contributed by atoms with Gasteiger partial charge in [-0.25, -0.2) is 0 Å². The lowest BCUT2D eigenvalue weighted by Crippen LogP contribution is -2.18. The molecule has 0 saturated heterocycles. The van der Waals surface area contributed by atoms with Crippen molar-refractivity contribution < 1.29 is 0 Å². The summed E-state index contributed by atoms with van der Waals surface area (Å²) >= 11 is 9.54. The quantitative estimate of drug-likeness (QED) is 0.783. The van der Waals surface area contributed by atoms with Crippen LogP contribution in [0.4, 0.5) is 0 Å². The Morgan fingerprint density at radius 3 is 2.30 bits per heavy atom. The van der Waals surface area contributed by atoms with Gasteiger partial charge in [-0.3, -0.25) is 0 Å². The summed E-state index contributed by atoms with van der Waals surface area (Å²) in [5.74, 6) is 0. The minimum atomic E-state index is 0.288. The first-order chi connectivity index (χ1) is 9.63. The van der Waals surface area contributed by atoms with Crippen molar-refractivity contribution in [2.45, 2.75) is 25.8 Å². The molecule has 0 radical (unpaired) electrons. The number of likely N-dealkylation sites (N-methyl/N-ethyl adjacent to an activating group) is 1. The molecule has 0 aromatic heterocycles. The number of nitrogens with one attached hydrogen (secondary N) is 1. The average molecular weight is 353 g/mol. The Kier molecular flexibility index (Phi) is 5.64. The van der Waals surface area contributed by atoms with Crippen molar-refractivity contribution in [3.8, 4) is 0 Å². The zero-order chi connectivity index (χ0) is 14.5. The molecule has 0 aliphatic carbocycles. The SMILES string of the molecule is CCc1ccc(CC(NC)c2ccc(Cl)c(Br)c2)cc1. The average Bonchev–Trinajstić information content (AvgIpc) is 2.48. The van der Waals surface area contributed by atoms with Gasteiger partial charge in [0, 0.05) is 10.5 Å². The highest BCUT2D eigenvalue weighted by atomic mass is 79.9. The Morgan fingerprint density at radius 1 is 1.10 bits per heavy atom. The number of hydrogen-bond donors (Lipinski definition) is 1. The minimum absolute atomic E-state index is 0.288. The van der Waals surface area contributed by atoms with Crippen molar-refractivity contribution in [1.29, 1.82) is 0 Å². The summed E-state index contributed by atoms with van der Waals surface area (Å²) < 4.78 is 0.943. The van der Waals surface area contributed by atoms with Crippen LogP contribution in [-0.4, -0.2) is 7.05 Å². The molecule has 0 aliphatic heterocycles. The fourth-order valence-corrected chi connectivity index (χ4v) is 2.78. The second kappa shape index (κ2) is 7.26. The minimum Gasteiger partial charge on any atom is -0.313 e. The number of rotatable bonds is 5. The van der Waals surface area contributed by atoms with Gasteiger partial charge in [-0.15, -0.1) is 0 Å². The maximum atomic E-state index is 6.05. The first-order valence-corrected chi connectivity index (χ1v) is 8.01. The third-order valence-corrected chi connectivity index (χ3v) is 4.78. The molecule has 2 rings (SSSR count). The van der Waals surface area contributed by atoms with Gasteiger partial charge in [-0.1, -0.05) is 48.9 Å². The molecule has 1 N–H and O–H groups in total. The summed E-state index contributed by atoms with van der Waals surface area (Å²) in [5.41, 5.74) is 3.96. The van der Waals surface area contributed by atoms with E-state index in [0.29, 0.717) is 0 Å². The number of aryl methyl sites for hydroxylation is 1. The monoisotopic (exact) mass is 351 g/mol. The summed E-state index contributed by atoms with van der Waals surface area (Å²) in [6.07, 6.45) is 2.05. The fourth-order valence-electron chi connectivity index (χ4n) is 2.26. The van der Waals surface area contributed by atoms with Crippen LogP contribution >= 0.6 is 27.5 Å². The van der Waals surface area contributed by atoms with Crippen LogP contribution in [0, 0.1) is 0 Å². The molecule has 1 nitrogen and oxygen atoms in total. The second-order valence-corrected chi connectivity index (χ2v) is 6.15. The molecule has 0 fully saturated rings. The molecule has 2 aromatic carbocycles. The van der Waals surface area contributed by atoms with Gasteiger partial charge in [0.2, 0.25) is 0 Å². The molecule has 3 heteroatoms. The van der Waals surface area contributed by atoms with Crippen LogP contribution in [0.3, 0.4) is 0 Å². The zero-order valence-corrected chi connectivity index (χ0v) is 14.1. The van der Waals surface area contributed by atoms with E-state index in [0.717, 1.165) is 22.3 Å². The van der Waals surface area contributed by atoms with Crippen LogP contribution in [0.1, 0.15) is 29.7 Å². The van der Waals surface area contributed by atoms with Crippen molar-refractivity contribution >= 4 is 27.5 Å². The number of benzene rings is 2. The molecule has 106 valence electrons. The zero-order valence-electron chi connectivity index (χ0n) is 11.8. The Bertz CT molecular complexity index is 566. The number of hydrogen-bond acceptors (Lipinski definition) is 1. The lowest BCUT2D eigenvalue weighted by Gasteiger charge is -2.17. The van der Waals surface area contributed by atoms with Crippen LogP contribution in [0.2, 0.25) is 5.02 Å². The van der Waals surface area contributed by atoms with E-state index in [4.69, 9.17) is 11.6 Å². The molecule has 0 heterocycles. The maximum absolute atomic E-state index is 6.05. The molecule has 0 bridgehead atoms. The molecule has 2 aromatic rings. The smallest absolute Gasteiger partial charge is 0.0548 e. The summed E-state index contributed by atoms with van der Waals surface area (Å²) in [7, 11) is 1.99. The highest BCUT2D eigenvalue weighted by Crippen LogP contribution is 2.27. The van der Waals surface area contributed by atoms with E-state index in [9.17, 15) is 0 Å². The van der Waals surface area contributed by atoms with Gasteiger partial charge in [-0.2, -0.15) is 0 Å². The predicted molar refractivity (Wildman–Crippen MR) is 90.5 cm³/mol. The molecule has 0 spiro atoms. The lowest BCUT2D eigenvalue weighted by atomic mass is 9.98. The Morgan fingerprint density at radius 2 is 1.75 bits per heavy atom. The van der Waals surface area contributed by atoms with Gasteiger partial charge >= 0.3 is 0 Å². The van der Waals surface area contributed by atoms with E-state index in [1.165, 1.54) is 16.7 Å². The van der Waals surface area contributed by atoms with Gasteiger partial charge < -0.3 is 5.32 Å². The van der Waals surface area contributed by atoms with Crippen molar-refractivity contribution in [2.75, 3.05) is 7.05 Å². The Labute approximate surface area is 134 Å². The van der Waals surface area contributed by atoms with Gasteiger partial charge in [0.1, 0.15) is 0 Å². The standard InChI is InChI=1S/C17H19BrClN/c1-3-12-4-6-13(7-5-12)10-17(20-2)14-8-9-16(19)15(18)11-14/h4-9,11,17,20H,3,10H2,1-2H3. The van der Waals surface area contributed by atoms with Crippen LogP contribution in [0.25, 0.3) is 0 Å². The third kappa shape index (κ3) is 3.85. The molecular weight excluding hydrogens is 334 g/mol. The predicted octanol–water partition coefficient (Wildman–Crippen LogP) is 5.17. The van der Waals surface area contributed by atoms with Crippen molar-refractivity contribution in [1.82, 2.24) is 5.32 Å². The van der Waals surface area contributed by atoms with E-state index >= 15 is 0 Å². The third-order valence-electron chi connectivity index (χ3n) is 3.57. The molecule has 1 unspecified atom stereocenters. The summed E-state index contributed by atoms with van der Waals surface area (Å²) in [5, 5.41) is 4.12. The molecule has 1 atom stereocenters. The Balaban J connectivity index is 2.16. The number of halogens is 2. The Hall–Kier alpha value is -0.830. The van der Waals surface area contributed by atoms with Crippen LogP contribution in [0.15, 0.2) is 46.9 Å². The summed E-state index contributed by atoms with van der Waals surface area (Å²) in [6.45, 7) is 2.18. The summed E-state index contributed by atoms with van der Waals surface area (Å²) in [4.78, 5) is 0. The largest absolute Gasteiger partial charge is 0.313 e. The van der Waals surface area contributed by atoms with Gasteiger partial charge in [0.15, 0.2) is 0 Å². The molecule has 0 aliphatic rings. The first kappa shape index (κ1) is 15.6. The van der Waals surface area contributed by atoms with Crippen LogP contribution < -0.4 is 5.32 Å². The van der Waals surface area contributed by atoms with Crippen molar-refractivity contribution in [3.63, 3.8) is 0 Å². The van der Waals surface area contributed by atoms with E-state index in [1.54, 1.807) is 0 Å². The topological polar surface area (TPSA) is 12.0 Å². The van der Waals surface area contributed by atoms with Crippen molar-refractivity contribution in [3.05, 3.63) is 68.7 Å². The van der Waals surface area contributed by atoms with Crippen LogP contribution in [0.5, 0.6) is 0 Å². The van der Waals surface area contributed by atoms with Gasteiger partial charge in [-0.05, 0) is 64.6 Å². The first-order valence-electron chi connectivity index (χ1n) is 6.84. The van der Waals surface area contributed by atoms with Crippen molar-refractivity contribution in [2.24, 2.45) is 0 Å². The second-order valence-electron chi connectivity index (χ2n) is 4.89. The van der Waals surface area contributed by atoms with E-state index in [2.05, 4.69) is 64.6 Å². The molecule has 0 saturated carbocycles. The molecule has 0 amide bonds. The fraction of sp³-hybridized carbons (Fsp3) is 0.294. The highest BCUT2D eigenvalue weighted by Gasteiger charge is 2.11. The highest BCUT2D eigenvalue weighted by molar-refractivity contribution is 9.10. The van der Waals surface area contributed by atoms with Crippen LogP contribution in [-0.2, 0) is 12.8 Å². The van der Waals surface area contributed by atoms with Gasteiger partial charge in [0.25, 0.3) is 0 Å². The molecular formula is C17H19BrClN. The van der Waals surface area contributed by atoms with E-state index in [-0.39, 0.29) is 6.04 Å². The normalized spacial score (nSPS) is 12.4. The van der Waals surface area contributed by atoms with Gasteiger partial charge in [0.05, 0.1) is 5.02 Å². The lowest BCUT2D eigenvalue weighted by molar-refractivity contribution is 0.592. The molecule has 20 heavy (non-hydrogen) atoms. The van der Waals surface area contributed by atoms with E-state index in [1.807, 2.05) is 13.1 Å². The summed E-state index contributed by atoms with van der Waals surface area (Å²) in [6, 6.07) is 15.2.